The van der Waals surface area contributed by atoms with Gasteiger partial charge >= 0.3 is 0 Å². The molecule has 3 rings (SSSR count). The second kappa shape index (κ2) is 5.69. The van der Waals surface area contributed by atoms with Crippen LogP contribution in [0.5, 0.6) is 0 Å². The molecule has 21 heavy (non-hydrogen) atoms. The maximum atomic E-state index is 11.9. The van der Waals surface area contributed by atoms with Crippen LogP contribution in [0.15, 0.2) is 30.3 Å². The fraction of sp³-hybridized carbons (Fsp3) is 0.267. The summed E-state index contributed by atoms with van der Waals surface area (Å²) < 4.78 is 0. The number of aryl methyl sites for hydroxylation is 1. The van der Waals surface area contributed by atoms with Gasteiger partial charge in [-0.3, -0.25) is 4.79 Å². The van der Waals surface area contributed by atoms with Crippen molar-refractivity contribution in [3.8, 4) is 0 Å². The Hall–Kier alpha value is -2.14. The Bertz CT molecular complexity index is 689. The molecule has 6 heteroatoms. The number of hydrogen-bond donors (Lipinski definition) is 1. The van der Waals surface area contributed by atoms with Gasteiger partial charge in [-0.25, -0.2) is 9.97 Å². The summed E-state index contributed by atoms with van der Waals surface area (Å²) in [7, 11) is 0. The standard InChI is InChI=1S/C15H15ClN4O/c1-2-5-13-18-12(16)8-14(19-13)20-9-15(21)17-10-6-3-4-7-11(10)20/h3-4,6-8H,2,5,9H2,1H3,(H,17,21). The molecule has 1 amide bonds. The lowest BCUT2D eigenvalue weighted by molar-refractivity contribution is -0.115. The van der Waals surface area contributed by atoms with Crippen LogP contribution in [0, 0.1) is 0 Å². The number of para-hydroxylation sites is 2. The van der Waals surface area contributed by atoms with Crippen molar-refractivity contribution in [2.75, 3.05) is 16.8 Å². The van der Waals surface area contributed by atoms with Crippen molar-refractivity contribution in [1.82, 2.24) is 9.97 Å². The zero-order valence-corrected chi connectivity index (χ0v) is 12.4. The summed E-state index contributed by atoms with van der Waals surface area (Å²) in [6.45, 7) is 2.28. The SMILES string of the molecule is CCCc1nc(Cl)cc(N2CC(=O)Nc3ccccc32)n1. The van der Waals surface area contributed by atoms with Gasteiger partial charge < -0.3 is 10.2 Å². The number of aromatic nitrogens is 2. The van der Waals surface area contributed by atoms with Crippen LogP contribution in [-0.4, -0.2) is 22.4 Å². The molecule has 1 aliphatic heterocycles. The lowest BCUT2D eigenvalue weighted by Crippen LogP contribution is -2.35. The van der Waals surface area contributed by atoms with E-state index in [2.05, 4.69) is 22.2 Å². The molecule has 0 spiro atoms. The number of anilines is 3. The second-order valence-electron chi connectivity index (χ2n) is 4.87. The van der Waals surface area contributed by atoms with Crippen molar-refractivity contribution >= 4 is 34.7 Å². The van der Waals surface area contributed by atoms with Crippen molar-refractivity contribution < 1.29 is 4.79 Å². The van der Waals surface area contributed by atoms with Crippen LogP contribution in [0.3, 0.4) is 0 Å². The number of nitrogens with zero attached hydrogens (tertiary/aromatic N) is 3. The number of nitrogens with one attached hydrogen (secondary N) is 1. The Morgan fingerprint density at radius 2 is 2.14 bits per heavy atom. The quantitative estimate of drug-likeness (QED) is 0.885. The van der Waals surface area contributed by atoms with E-state index in [1.807, 2.05) is 29.2 Å². The molecule has 5 nitrogen and oxygen atoms in total. The van der Waals surface area contributed by atoms with Gasteiger partial charge in [-0.15, -0.1) is 0 Å². The molecule has 1 aromatic heterocycles. The molecule has 0 atom stereocenters. The predicted octanol–water partition coefficient (Wildman–Crippen LogP) is 3.17. The fourth-order valence-electron chi connectivity index (χ4n) is 2.36. The van der Waals surface area contributed by atoms with E-state index in [1.165, 1.54) is 0 Å². The lowest BCUT2D eigenvalue weighted by atomic mass is 10.2. The molecule has 0 aliphatic carbocycles. The second-order valence-corrected chi connectivity index (χ2v) is 5.25. The first-order chi connectivity index (χ1) is 10.2. The third-order valence-electron chi connectivity index (χ3n) is 3.25. The molecule has 108 valence electrons. The number of carbonyl (C=O) groups excluding carboxylic acids is 1. The third-order valence-corrected chi connectivity index (χ3v) is 3.44. The van der Waals surface area contributed by atoms with Crippen molar-refractivity contribution in [3.05, 3.63) is 41.3 Å². The molecule has 1 N–H and O–H groups in total. The van der Waals surface area contributed by atoms with Gasteiger partial charge in [-0.2, -0.15) is 0 Å². The van der Waals surface area contributed by atoms with Crippen LogP contribution in [-0.2, 0) is 11.2 Å². The van der Waals surface area contributed by atoms with Crippen molar-refractivity contribution in [3.63, 3.8) is 0 Å². The van der Waals surface area contributed by atoms with Crippen LogP contribution in [0.25, 0.3) is 0 Å². The molecule has 0 saturated carbocycles. The molecule has 0 fully saturated rings. The number of benzene rings is 1. The average molecular weight is 303 g/mol. The zero-order chi connectivity index (χ0) is 14.8. The van der Waals surface area contributed by atoms with Crippen LogP contribution in [0.4, 0.5) is 17.2 Å². The number of amides is 1. The van der Waals surface area contributed by atoms with Crippen LogP contribution >= 0.6 is 11.6 Å². The normalized spacial score (nSPS) is 13.8. The maximum absolute atomic E-state index is 11.9. The van der Waals surface area contributed by atoms with Gasteiger partial charge in [0, 0.05) is 12.5 Å². The van der Waals surface area contributed by atoms with Crippen molar-refractivity contribution in [2.24, 2.45) is 0 Å². The molecule has 2 heterocycles. The number of carbonyl (C=O) groups is 1. The average Bonchev–Trinajstić information content (AvgIpc) is 2.46. The Morgan fingerprint density at radius 3 is 2.95 bits per heavy atom. The summed E-state index contributed by atoms with van der Waals surface area (Å²) in [4.78, 5) is 22.5. The minimum absolute atomic E-state index is 0.0690. The minimum atomic E-state index is -0.0690. The van der Waals surface area contributed by atoms with Crippen LogP contribution in [0.1, 0.15) is 19.2 Å². The van der Waals surface area contributed by atoms with E-state index >= 15 is 0 Å². The smallest absolute Gasteiger partial charge is 0.244 e. The monoisotopic (exact) mass is 302 g/mol. The summed E-state index contributed by atoms with van der Waals surface area (Å²) in [5.74, 6) is 1.28. The molecule has 1 aliphatic rings. The molecule has 1 aromatic carbocycles. The fourth-order valence-corrected chi connectivity index (χ4v) is 2.56. The summed E-state index contributed by atoms with van der Waals surface area (Å²) >= 11 is 6.09. The van der Waals surface area contributed by atoms with Gasteiger partial charge in [0.15, 0.2) is 0 Å². The Labute approximate surface area is 128 Å². The minimum Gasteiger partial charge on any atom is -0.323 e. The first-order valence-corrected chi connectivity index (χ1v) is 7.25. The third kappa shape index (κ3) is 2.83. The van der Waals surface area contributed by atoms with Crippen molar-refractivity contribution in [1.29, 1.82) is 0 Å². The van der Waals surface area contributed by atoms with Crippen LogP contribution < -0.4 is 10.2 Å². The molecule has 0 radical (unpaired) electrons. The van der Waals surface area contributed by atoms with Gasteiger partial charge in [-0.1, -0.05) is 30.7 Å². The molecular weight excluding hydrogens is 288 g/mol. The van der Waals surface area contributed by atoms with Gasteiger partial charge in [0.1, 0.15) is 23.3 Å². The molecule has 2 aromatic rings. The molecular formula is C15H15ClN4O. The first kappa shape index (κ1) is 13.8. The number of hydrogen-bond acceptors (Lipinski definition) is 4. The summed E-state index contributed by atoms with van der Waals surface area (Å²) in [6.07, 6.45) is 1.70. The van der Waals surface area contributed by atoms with Gasteiger partial charge in [0.25, 0.3) is 0 Å². The largest absolute Gasteiger partial charge is 0.323 e. The summed E-state index contributed by atoms with van der Waals surface area (Å²) in [6, 6.07) is 9.33. The molecule has 0 saturated heterocycles. The first-order valence-electron chi connectivity index (χ1n) is 6.87. The highest BCUT2D eigenvalue weighted by Crippen LogP contribution is 2.34. The van der Waals surface area contributed by atoms with Gasteiger partial charge in [0.2, 0.25) is 5.91 Å². The topological polar surface area (TPSA) is 58.1 Å². The Morgan fingerprint density at radius 1 is 1.33 bits per heavy atom. The van der Waals surface area contributed by atoms with E-state index in [9.17, 15) is 4.79 Å². The van der Waals surface area contributed by atoms with Crippen LogP contribution in [0.2, 0.25) is 5.15 Å². The van der Waals surface area contributed by atoms with Crippen molar-refractivity contribution in [2.45, 2.75) is 19.8 Å². The predicted molar refractivity (Wildman–Crippen MR) is 83.1 cm³/mol. The van der Waals surface area contributed by atoms with E-state index in [-0.39, 0.29) is 12.5 Å². The van der Waals surface area contributed by atoms with E-state index in [0.717, 1.165) is 24.2 Å². The van der Waals surface area contributed by atoms with Gasteiger partial charge in [-0.05, 0) is 18.6 Å². The van der Waals surface area contributed by atoms with E-state index in [1.54, 1.807) is 6.07 Å². The highest BCUT2D eigenvalue weighted by molar-refractivity contribution is 6.29. The number of rotatable bonds is 3. The molecule has 0 unspecified atom stereocenters. The van der Waals surface area contributed by atoms with Gasteiger partial charge in [0.05, 0.1) is 11.4 Å². The number of fused-ring (bicyclic) bond motifs is 1. The van der Waals surface area contributed by atoms with E-state index < -0.39 is 0 Å². The number of halogens is 1. The van der Waals surface area contributed by atoms with E-state index in [4.69, 9.17) is 11.6 Å². The highest BCUT2D eigenvalue weighted by atomic mass is 35.5. The summed E-state index contributed by atoms with van der Waals surface area (Å²) in [5.41, 5.74) is 1.69. The molecule has 0 bridgehead atoms. The lowest BCUT2D eigenvalue weighted by Gasteiger charge is -2.30. The Kier molecular flexibility index (Phi) is 3.75. The highest BCUT2D eigenvalue weighted by Gasteiger charge is 2.24. The zero-order valence-electron chi connectivity index (χ0n) is 11.6. The van der Waals surface area contributed by atoms with E-state index in [0.29, 0.717) is 16.8 Å². The maximum Gasteiger partial charge on any atom is 0.244 e. The Balaban J connectivity index is 2.06. The summed E-state index contributed by atoms with van der Waals surface area (Å²) in [5, 5.41) is 3.25.